The van der Waals surface area contributed by atoms with Crippen LogP contribution in [0.15, 0.2) is 54.0 Å². The standard InChI is InChI=1S/C41H48F6N4O7S2/c1-5-10-31-39(58-27-23-32(59-25-27)41(45,46)47,15-9-20-51(31)34(52)33-29(40(42,43)44)12-8-19-48-33)36(54)50-21-17-38(55,18-22-50)28-11-6-7-13-30(28)57-26-14-16-37(2,24-26)35(53)49-60(3,4)56/h6-8,11-13,19,23,25-26,31,55H,3,5,9-10,14-18,20-22,24H2,1-2,4H3,(H,49,53,56)/t26-,31-,37+,39+,60?/m1/s1. The number of alkyl halides is 6. The Morgan fingerprint density at radius 3 is 2.37 bits per heavy atom. The van der Waals surface area contributed by atoms with Crippen LogP contribution >= 0.6 is 11.3 Å². The lowest BCUT2D eigenvalue weighted by atomic mass is 9.78. The maximum atomic E-state index is 15.0. The molecule has 2 aromatic heterocycles. The van der Waals surface area contributed by atoms with E-state index in [1.807, 2.05) is 0 Å². The minimum atomic E-state index is -4.93. The van der Waals surface area contributed by atoms with Crippen molar-refractivity contribution in [2.45, 2.75) is 107 Å². The Kier molecular flexibility index (Phi) is 12.7. The predicted octanol–water partition coefficient (Wildman–Crippen LogP) is 7.23. The lowest BCUT2D eigenvalue weighted by Gasteiger charge is -2.51. The minimum Gasteiger partial charge on any atom is -0.490 e. The molecule has 6 rings (SSSR count). The van der Waals surface area contributed by atoms with E-state index in [9.17, 15) is 45.2 Å². The van der Waals surface area contributed by atoms with E-state index >= 15 is 4.79 Å². The Bertz CT molecular complexity index is 2190. The van der Waals surface area contributed by atoms with Gasteiger partial charge in [-0.2, -0.15) is 26.3 Å². The summed E-state index contributed by atoms with van der Waals surface area (Å²) >= 11 is 0.358. The SMILES string of the molecule is C=S(C)(=O)NC(=O)[C@@]1(C)CC[C@@H](Oc2ccccc2C2(O)CCN(C(=O)[C@]3(Oc4csc(C(F)(F)F)c4)CCCN(C(=O)c4ncccc4C(F)(F)F)[C@@H]3CCC)CC2)C1. The Morgan fingerprint density at radius 2 is 1.73 bits per heavy atom. The van der Waals surface area contributed by atoms with Crippen LogP contribution in [0.2, 0.25) is 0 Å². The van der Waals surface area contributed by atoms with Crippen molar-refractivity contribution in [3.8, 4) is 11.5 Å². The van der Waals surface area contributed by atoms with Gasteiger partial charge >= 0.3 is 12.4 Å². The number of likely N-dealkylation sites (tertiary alicyclic amines) is 2. The molecule has 3 aromatic rings. The van der Waals surface area contributed by atoms with E-state index in [-0.39, 0.29) is 57.5 Å². The molecule has 0 spiro atoms. The summed E-state index contributed by atoms with van der Waals surface area (Å²) in [7, 11) is -2.78. The molecule has 3 fully saturated rings. The molecule has 5 atom stereocenters. The second-order valence-electron chi connectivity index (χ2n) is 16.2. The molecular weight excluding hydrogens is 839 g/mol. The van der Waals surface area contributed by atoms with Gasteiger partial charge in [-0.05, 0) is 69.0 Å². The maximum absolute atomic E-state index is 15.0. The Labute approximate surface area is 348 Å². The van der Waals surface area contributed by atoms with Crippen molar-refractivity contribution in [1.82, 2.24) is 19.5 Å². The van der Waals surface area contributed by atoms with Gasteiger partial charge in [0.25, 0.3) is 11.8 Å². The molecule has 1 aromatic carbocycles. The number of rotatable bonds is 11. The summed E-state index contributed by atoms with van der Waals surface area (Å²) in [6, 6.07) is 8.20. The van der Waals surface area contributed by atoms with Gasteiger partial charge in [0.15, 0.2) is 0 Å². The van der Waals surface area contributed by atoms with Crippen LogP contribution in [0.25, 0.3) is 0 Å². The highest BCUT2D eigenvalue weighted by Crippen LogP contribution is 2.46. The van der Waals surface area contributed by atoms with E-state index in [2.05, 4.69) is 15.6 Å². The fourth-order valence-electron chi connectivity index (χ4n) is 8.64. The number of nitrogens with zero attached hydrogens (tertiary/aromatic N) is 3. The van der Waals surface area contributed by atoms with Gasteiger partial charge in [0, 0.05) is 65.2 Å². The van der Waals surface area contributed by atoms with Crippen LogP contribution in [-0.4, -0.2) is 91.3 Å². The normalized spacial score (nSPS) is 25.6. The monoisotopic (exact) mass is 886 g/mol. The summed E-state index contributed by atoms with van der Waals surface area (Å²) in [6.45, 7) is 3.33. The van der Waals surface area contributed by atoms with E-state index in [1.54, 1.807) is 38.1 Å². The molecule has 0 bridgehead atoms. The lowest BCUT2D eigenvalue weighted by molar-refractivity contribution is -0.163. The van der Waals surface area contributed by atoms with Gasteiger partial charge in [0.2, 0.25) is 11.5 Å². The fraction of sp³-hybridized carbons (Fsp3) is 0.537. The van der Waals surface area contributed by atoms with Crippen molar-refractivity contribution in [2.24, 2.45) is 5.41 Å². The molecule has 19 heteroatoms. The second kappa shape index (κ2) is 16.8. The maximum Gasteiger partial charge on any atom is 0.425 e. The lowest BCUT2D eigenvalue weighted by Crippen LogP contribution is -2.68. The highest BCUT2D eigenvalue weighted by atomic mass is 32.2. The number of pyridine rings is 1. The quantitative estimate of drug-likeness (QED) is 0.152. The van der Waals surface area contributed by atoms with Crippen LogP contribution in [0.1, 0.15) is 98.1 Å². The second-order valence-corrected chi connectivity index (χ2v) is 19.4. The topological polar surface area (TPSA) is 138 Å². The van der Waals surface area contributed by atoms with Gasteiger partial charge in [-0.15, -0.1) is 11.3 Å². The first-order valence-electron chi connectivity index (χ1n) is 19.6. The zero-order valence-electron chi connectivity index (χ0n) is 33.4. The number of carbonyl (C=O) groups is 3. The molecule has 3 aliphatic rings. The number of halogens is 6. The average Bonchev–Trinajstić information content (AvgIpc) is 3.82. The molecule has 3 amide bonds. The van der Waals surface area contributed by atoms with Crippen LogP contribution in [0, 0.1) is 5.41 Å². The fourth-order valence-corrected chi connectivity index (χ4v) is 9.95. The molecular formula is C41H48F6N4O7S2. The van der Waals surface area contributed by atoms with Crippen molar-refractivity contribution < 1.29 is 59.5 Å². The third kappa shape index (κ3) is 9.42. The van der Waals surface area contributed by atoms with Gasteiger partial charge in [-0.3, -0.25) is 24.1 Å². The van der Waals surface area contributed by atoms with E-state index in [1.165, 1.54) is 11.2 Å². The molecule has 0 radical (unpaired) electrons. The number of amides is 3. The van der Waals surface area contributed by atoms with E-state index < -0.39 is 84.7 Å². The predicted molar refractivity (Wildman–Crippen MR) is 213 cm³/mol. The first-order valence-corrected chi connectivity index (χ1v) is 22.6. The Hall–Kier alpha value is -4.36. The molecule has 1 unspecified atom stereocenters. The molecule has 2 N–H and O–H groups in total. The van der Waals surface area contributed by atoms with Crippen molar-refractivity contribution >= 4 is 44.6 Å². The smallest absolute Gasteiger partial charge is 0.425 e. The minimum absolute atomic E-state index is 0.00498. The van der Waals surface area contributed by atoms with Crippen molar-refractivity contribution in [1.29, 1.82) is 0 Å². The van der Waals surface area contributed by atoms with Crippen LogP contribution in [0.4, 0.5) is 26.3 Å². The molecule has 1 saturated carbocycles. The van der Waals surface area contributed by atoms with Gasteiger partial charge in [-0.1, -0.05) is 38.5 Å². The highest BCUT2D eigenvalue weighted by molar-refractivity contribution is 7.98. The van der Waals surface area contributed by atoms with Crippen LogP contribution in [0.3, 0.4) is 0 Å². The van der Waals surface area contributed by atoms with Crippen molar-refractivity contribution in [3.63, 3.8) is 0 Å². The zero-order valence-corrected chi connectivity index (χ0v) is 35.0. The number of para-hydroxylation sites is 1. The first-order chi connectivity index (χ1) is 28.0. The number of nitrogens with one attached hydrogen (secondary N) is 1. The molecule has 1 aliphatic carbocycles. The number of aromatic nitrogens is 1. The summed E-state index contributed by atoms with van der Waals surface area (Å²) in [4.78, 5) is 47.4. The number of piperidine rings is 2. The van der Waals surface area contributed by atoms with Crippen molar-refractivity contribution in [2.75, 3.05) is 25.9 Å². The highest BCUT2D eigenvalue weighted by Gasteiger charge is 2.57. The molecule has 328 valence electrons. The molecule has 4 heterocycles. The number of aliphatic hydroxyl groups is 1. The third-order valence-corrected chi connectivity index (χ3v) is 13.2. The number of benzene rings is 1. The molecule has 11 nitrogen and oxygen atoms in total. The first kappa shape index (κ1) is 45.2. The number of hydrogen-bond donors (Lipinski definition) is 2. The third-order valence-electron chi connectivity index (χ3n) is 11.6. The summed E-state index contributed by atoms with van der Waals surface area (Å²) in [5.74, 6) is 1.44. The summed E-state index contributed by atoms with van der Waals surface area (Å²) in [5, 5.41) is 13.3. The van der Waals surface area contributed by atoms with Crippen LogP contribution in [-0.2, 0) is 37.3 Å². The van der Waals surface area contributed by atoms with Gasteiger partial charge < -0.3 is 24.4 Å². The number of thiophene rings is 1. The van der Waals surface area contributed by atoms with E-state index in [0.717, 1.165) is 34.7 Å². The average molecular weight is 887 g/mol. The molecule has 2 saturated heterocycles. The van der Waals surface area contributed by atoms with Crippen molar-refractivity contribution in [3.05, 3.63) is 75.7 Å². The van der Waals surface area contributed by atoms with E-state index in [0.29, 0.717) is 48.3 Å². The van der Waals surface area contributed by atoms with Crippen LogP contribution < -0.4 is 14.2 Å². The Morgan fingerprint density at radius 1 is 1.03 bits per heavy atom. The molecule has 60 heavy (non-hydrogen) atoms. The van der Waals surface area contributed by atoms with Crippen LogP contribution in [0.5, 0.6) is 11.5 Å². The zero-order chi connectivity index (χ0) is 43.9. The van der Waals surface area contributed by atoms with Gasteiger partial charge in [0.1, 0.15) is 22.1 Å². The number of hydrogen-bond acceptors (Lipinski definition) is 9. The largest absolute Gasteiger partial charge is 0.490 e. The van der Waals surface area contributed by atoms with E-state index in [4.69, 9.17) is 9.47 Å². The number of carbonyl (C=O) groups excluding carboxylic acids is 3. The summed E-state index contributed by atoms with van der Waals surface area (Å²) < 4.78 is 111. The van der Waals surface area contributed by atoms with Gasteiger partial charge in [-0.25, -0.2) is 4.21 Å². The Balaban J connectivity index is 1.28. The van der Waals surface area contributed by atoms with Gasteiger partial charge in [0.05, 0.1) is 28.7 Å². The summed E-state index contributed by atoms with van der Waals surface area (Å²) in [5.41, 5.74) is -6.08. The number of ether oxygens (including phenoxy) is 2. The summed E-state index contributed by atoms with van der Waals surface area (Å²) in [6.07, 6.45) is -6.01. The molecule has 2 aliphatic heterocycles.